The molecule has 1 aromatic heterocycles. The summed E-state index contributed by atoms with van der Waals surface area (Å²) in [6.45, 7) is 2.74. The van der Waals surface area contributed by atoms with Gasteiger partial charge in [-0.25, -0.2) is 4.98 Å². The quantitative estimate of drug-likeness (QED) is 0.744. The van der Waals surface area contributed by atoms with Gasteiger partial charge in [-0.3, -0.25) is 0 Å². The summed E-state index contributed by atoms with van der Waals surface area (Å²) >= 11 is 1.73. The third-order valence-electron chi connectivity index (χ3n) is 1.83. The standard InChI is InChI=1S/C8H15N3S/c1-3-6-5-10-8(11-6)7(4-9)12-2/h5,7H,3-4,9H2,1-2H3,(H,10,11). The van der Waals surface area contributed by atoms with Crippen LogP contribution in [-0.4, -0.2) is 22.8 Å². The van der Waals surface area contributed by atoms with E-state index in [1.54, 1.807) is 11.8 Å². The number of nitrogens with one attached hydrogen (secondary N) is 1. The second-order valence-electron chi connectivity index (χ2n) is 2.61. The Kier molecular flexibility index (Phi) is 3.62. The van der Waals surface area contributed by atoms with E-state index in [-0.39, 0.29) is 0 Å². The highest BCUT2D eigenvalue weighted by Crippen LogP contribution is 2.22. The molecule has 1 rings (SSSR count). The van der Waals surface area contributed by atoms with Crippen LogP contribution in [0.4, 0.5) is 0 Å². The number of nitrogens with zero attached hydrogens (tertiary/aromatic N) is 1. The lowest BCUT2D eigenvalue weighted by Gasteiger charge is -2.07. The normalized spacial score (nSPS) is 13.2. The Labute approximate surface area is 77.1 Å². The maximum absolute atomic E-state index is 5.59. The minimum absolute atomic E-state index is 0.310. The zero-order valence-electron chi connectivity index (χ0n) is 7.50. The predicted molar refractivity (Wildman–Crippen MR) is 53.3 cm³/mol. The Morgan fingerprint density at radius 1 is 1.75 bits per heavy atom. The molecule has 4 heteroatoms. The fourth-order valence-corrected chi connectivity index (χ4v) is 1.57. The van der Waals surface area contributed by atoms with Crippen LogP contribution in [0, 0.1) is 0 Å². The van der Waals surface area contributed by atoms with Crippen molar-refractivity contribution in [1.29, 1.82) is 0 Å². The van der Waals surface area contributed by atoms with Crippen molar-refractivity contribution in [3.05, 3.63) is 17.7 Å². The number of nitrogens with two attached hydrogens (primary N) is 1. The maximum atomic E-state index is 5.59. The van der Waals surface area contributed by atoms with Crippen molar-refractivity contribution < 1.29 is 0 Å². The van der Waals surface area contributed by atoms with Gasteiger partial charge < -0.3 is 10.7 Å². The molecule has 68 valence electrons. The molecule has 0 amide bonds. The van der Waals surface area contributed by atoms with Crippen LogP contribution >= 0.6 is 11.8 Å². The van der Waals surface area contributed by atoms with Crippen LogP contribution in [-0.2, 0) is 6.42 Å². The SMILES string of the molecule is CCc1cnc(C(CN)SC)[nH]1. The van der Waals surface area contributed by atoms with E-state index < -0.39 is 0 Å². The zero-order valence-corrected chi connectivity index (χ0v) is 8.32. The lowest BCUT2D eigenvalue weighted by Crippen LogP contribution is -2.10. The molecule has 0 radical (unpaired) electrons. The van der Waals surface area contributed by atoms with Crippen LogP contribution in [0.3, 0.4) is 0 Å². The second-order valence-corrected chi connectivity index (χ2v) is 3.65. The number of rotatable bonds is 4. The molecule has 0 aromatic carbocycles. The summed E-state index contributed by atoms with van der Waals surface area (Å²) in [7, 11) is 0. The van der Waals surface area contributed by atoms with Gasteiger partial charge in [0.1, 0.15) is 5.82 Å². The molecule has 0 aliphatic carbocycles. The summed E-state index contributed by atoms with van der Waals surface area (Å²) in [4.78, 5) is 7.53. The fraction of sp³-hybridized carbons (Fsp3) is 0.625. The zero-order chi connectivity index (χ0) is 8.97. The first kappa shape index (κ1) is 9.61. The Balaban J connectivity index is 2.72. The third-order valence-corrected chi connectivity index (χ3v) is 2.82. The monoisotopic (exact) mass is 185 g/mol. The van der Waals surface area contributed by atoms with Gasteiger partial charge in [-0.1, -0.05) is 6.92 Å². The van der Waals surface area contributed by atoms with Crippen molar-refractivity contribution in [1.82, 2.24) is 9.97 Å². The Hall–Kier alpha value is -0.480. The summed E-state index contributed by atoms with van der Waals surface area (Å²) in [6.07, 6.45) is 4.93. The molecule has 0 aliphatic heterocycles. The smallest absolute Gasteiger partial charge is 0.120 e. The molecule has 0 fully saturated rings. The van der Waals surface area contributed by atoms with Crippen LogP contribution < -0.4 is 5.73 Å². The highest BCUT2D eigenvalue weighted by atomic mass is 32.2. The molecule has 1 atom stereocenters. The Bertz CT molecular complexity index is 230. The van der Waals surface area contributed by atoms with Gasteiger partial charge in [0.05, 0.1) is 5.25 Å². The number of aromatic amines is 1. The maximum Gasteiger partial charge on any atom is 0.120 e. The molecule has 1 aromatic rings. The topological polar surface area (TPSA) is 54.7 Å². The Morgan fingerprint density at radius 2 is 2.50 bits per heavy atom. The summed E-state index contributed by atoms with van der Waals surface area (Å²) in [5.74, 6) is 1.00. The van der Waals surface area contributed by atoms with Crippen molar-refractivity contribution in [2.24, 2.45) is 5.73 Å². The predicted octanol–water partition coefficient (Wildman–Crippen LogP) is 1.33. The largest absolute Gasteiger partial charge is 0.345 e. The molecule has 0 saturated heterocycles. The number of hydrogen-bond acceptors (Lipinski definition) is 3. The van der Waals surface area contributed by atoms with Crippen molar-refractivity contribution >= 4 is 11.8 Å². The first-order valence-corrected chi connectivity index (χ1v) is 5.37. The van der Waals surface area contributed by atoms with Gasteiger partial charge in [0.25, 0.3) is 0 Å². The fourth-order valence-electron chi connectivity index (χ4n) is 1.04. The lowest BCUT2D eigenvalue weighted by atomic mass is 10.4. The van der Waals surface area contributed by atoms with E-state index in [1.807, 2.05) is 12.5 Å². The van der Waals surface area contributed by atoms with Crippen molar-refractivity contribution in [3.63, 3.8) is 0 Å². The number of H-pyrrole nitrogens is 1. The number of imidazole rings is 1. The van der Waals surface area contributed by atoms with Crippen molar-refractivity contribution in [2.45, 2.75) is 18.6 Å². The van der Waals surface area contributed by atoms with E-state index in [0.29, 0.717) is 11.8 Å². The first-order chi connectivity index (χ1) is 5.81. The molecule has 1 unspecified atom stereocenters. The molecular weight excluding hydrogens is 170 g/mol. The van der Waals surface area contributed by atoms with E-state index in [2.05, 4.69) is 16.9 Å². The molecule has 0 saturated carbocycles. The molecule has 0 aliphatic rings. The van der Waals surface area contributed by atoms with Gasteiger partial charge in [-0.05, 0) is 12.7 Å². The second kappa shape index (κ2) is 4.52. The van der Waals surface area contributed by atoms with Gasteiger partial charge in [0.15, 0.2) is 0 Å². The van der Waals surface area contributed by atoms with Crippen LogP contribution in [0.25, 0.3) is 0 Å². The molecular formula is C8H15N3S. The molecule has 12 heavy (non-hydrogen) atoms. The van der Waals surface area contributed by atoms with Gasteiger partial charge in [-0.2, -0.15) is 11.8 Å². The van der Waals surface area contributed by atoms with Gasteiger partial charge >= 0.3 is 0 Å². The van der Waals surface area contributed by atoms with Gasteiger partial charge in [0.2, 0.25) is 0 Å². The van der Waals surface area contributed by atoms with Crippen LogP contribution in [0.2, 0.25) is 0 Å². The average molecular weight is 185 g/mol. The molecule has 0 bridgehead atoms. The molecule has 0 spiro atoms. The Morgan fingerprint density at radius 3 is 2.92 bits per heavy atom. The van der Waals surface area contributed by atoms with Gasteiger partial charge in [-0.15, -0.1) is 0 Å². The van der Waals surface area contributed by atoms with E-state index in [0.717, 1.165) is 12.2 Å². The highest BCUT2D eigenvalue weighted by Gasteiger charge is 2.10. The molecule has 3 N–H and O–H groups in total. The highest BCUT2D eigenvalue weighted by molar-refractivity contribution is 7.98. The van der Waals surface area contributed by atoms with E-state index in [1.165, 1.54) is 5.69 Å². The average Bonchev–Trinajstić information content (AvgIpc) is 2.55. The number of thioether (sulfide) groups is 1. The minimum atomic E-state index is 0.310. The third kappa shape index (κ3) is 2.01. The van der Waals surface area contributed by atoms with Crippen molar-refractivity contribution in [2.75, 3.05) is 12.8 Å². The first-order valence-electron chi connectivity index (χ1n) is 4.08. The van der Waals surface area contributed by atoms with E-state index in [9.17, 15) is 0 Å². The van der Waals surface area contributed by atoms with E-state index in [4.69, 9.17) is 5.73 Å². The number of hydrogen-bond donors (Lipinski definition) is 2. The lowest BCUT2D eigenvalue weighted by molar-refractivity contribution is 0.865. The number of aryl methyl sites for hydroxylation is 1. The molecule has 3 nitrogen and oxygen atoms in total. The van der Waals surface area contributed by atoms with Gasteiger partial charge in [0, 0.05) is 18.4 Å². The van der Waals surface area contributed by atoms with Crippen LogP contribution in [0.5, 0.6) is 0 Å². The summed E-state index contributed by atoms with van der Waals surface area (Å²) < 4.78 is 0. The summed E-state index contributed by atoms with van der Waals surface area (Å²) in [5, 5.41) is 0.310. The van der Waals surface area contributed by atoms with E-state index >= 15 is 0 Å². The summed E-state index contributed by atoms with van der Waals surface area (Å²) in [5.41, 5.74) is 6.76. The summed E-state index contributed by atoms with van der Waals surface area (Å²) in [6, 6.07) is 0. The van der Waals surface area contributed by atoms with Crippen LogP contribution in [0.15, 0.2) is 6.20 Å². The molecule has 1 heterocycles. The van der Waals surface area contributed by atoms with Crippen LogP contribution in [0.1, 0.15) is 23.7 Å². The number of aromatic nitrogens is 2. The van der Waals surface area contributed by atoms with Crippen molar-refractivity contribution in [3.8, 4) is 0 Å². The minimum Gasteiger partial charge on any atom is -0.345 e.